The van der Waals surface area contributed by atoms with E-state index < -0.39 is 5.97 Å². The number of aliphatic carboxylic acids is 1. The Hall–Kier alpha value is -1.02. The Kier molecular flexibility index (Phi) is 3.43. The predicted molar refractivity (Wildman–Crippen MR) is 68.3 cm³/mol. The largest absolute Gasteiger partial charge is 0.481 e. The lowest BCUT2D eigenvalue weighted by Gasteiger charge is -2.11. The summed E-state index contributed by atoms with van der Waals surface area (Å²) in [6.07, 6.45) is 1.77. The molecule has 2 nitrogen and oxygen atoms in total. The fourth-order valence-electron chi connectivity index (χ4n) is 2.48. The summed E-state index contributed by atoms with van der Waals surface area (Å²) in [5, 5.41) is 9.69. The van der Waals surface area contributed by atoms with E-state index in [4.69, 9.17) is 16.7 Å². The molecular weight excluding hydrogens is 236 g/mol. The van der Waals surface area contributed by atoms with Crippen LogP contribution < -0.4 is 0 Å². The van der Waals surface area contributed by atoms with E-state index in [0.717, 1.165) is 23.4 Å². The van der Waals surface area contributed by atoms with Crippen molar-refractivity contribution in [3.63, 3.8) is 0 Å². The molecule has 1 N–H and O–H groups in total. The second kappa shape index (κ2) is 4.69. The molecule has 3 atom stereocenters. The number of aryl methyl sites for hydroxylation is 1. The van der Waals surface area contributed by atoms with Crippen LogP contribution >= 0.6 is 11.6 Å². The van der Waals surface area contributed by atoms with Gasteiger partial charge in [0.1, 0.15) is 0 Å². The zero-order valence-corrected chi connectivity index (χ0v) is 10.9. The average molecular weight is 253 g/mol. The fourth-order valence-corrected chi connectivity index (χ4v) is 2.60. The second-order valence-corrected chi connectivity index (χ2v) is 5.52. The van der Waals surface area contributed by atoms with Gasteiger partial charge in [-0.2, -0.15) is 0 Å². The molecule has 92 valence electrons. The Labute approximate surface area is 107 Å². The molecule has 3 unspecified atom stereocenters. The van der Waals surface area contributed by atoms with Gasteiger partial charge in [-0.15, -0.1) is 0 Å². The van der Waals surface area contributed by atoms with Gasteiger partial charge in [0.15, 0.2) is 0 Å². The van der Waals surface area contributed by atoms with Crippen molar-refractivity contribution in [1.82, 2.24) is 0 Å². The Morgan fingerprint density at radius 1 is 1.59 bits per heavy atom. The molecule has 0 radical (unpaired) electrons. The Morgan fingerprint density at radius 3 is 2.82 bits per heavy atom. The predicted octanol–water partition coefficient (Wildman–Crippen LogP) is 3.55. The summed E-state index contributed by atoms with van der Waals surface area (Å²) in [7, 11) is 0. The second-order valence-electron chi connectivity index (χ2n) is 5.11. The summed E-state index contributed by atoms with van der Waals surface area (Å²) in [6, 6.07) is 6.04. The van der Waals surface area contributed by atoms with E-state index in [2.05, 4.69) is 13.0 Å². The van der Waals surface area contributed by atoms with Crippen LogP contribution in [0.5, 0.6) is 0 Å². The van der Waals surface area contributed by atoms with E-state index in [1.165, 1.54) is 5.56 Å². The van der Waals surface area contributed by atoms with Crippen LogP contribution in [0, 0.1) is 24.7 Å². The molecule has 0 spiro atoms. The van der Waals surface area contributed by atoms with Crippen molar-refractivity contribution in [2.24, 2.45) is 17.8 Å². The summed E-state index contributed by atoms with van der Waals surface area (Å²) in [4.78, 5) is 10.8. The van der Waals surface area contributed by atoms with Crippen molar-refractivity contribution < 1.29 is 9.90 Å². The zero-order chi connectivity index (χ0) is 12.6. The van der Waals surface area contributed by atoms with Crippen LogP contribution in [0.25, 0.3) is 0 Å². The molecule has 0 amide bonds. The highest BCUT2D eigenvalue weighted by atomic mass is 35.5. The lowest BCUT2D eigenvalue weighted by molar-refractivity contribution is -0.139. The van der Waals surface area contributed by atoms with Crippen LogP contribution in [0.3, 0.4) is 0 Å². The molecule has 1 fully saturated rings. The van der Waals surface area contributed by atoms with Crippen LogP contribution in [-0.4, -0.2) is 11.1 Å². The first-order chi connectivity index (χ1) is 7.99. The van der Waals surface area contributed by atoms with Crippen LogP contribution in [0.15, 0.2) is 18.2 Å². The van der Waals surface area contributed by atoms with Crippen LogP contribution in [-0.2, 0) is 11.2 Å². The zero-order valence-electron chi connectivity index (χ0n) is 10.1. The minimum atomic E-state index is -0.644. The number of halogens is 1. The number of carbonyl (C=O) groups is 1. The van der Waals surface area contributed by atoms with Crippen molar-refractivity contribution in [2.45, 2.75) is 26.7 Å². The monoisotopic (exact) mass is 252 g/mol. The highest BCUT2D eigenvalue weighted by molar-refractivity contribution is 6.31. The molecular formula is C14H17ClO2. The molecule has 1 saturated carbocycles. The van der Waals surface area contributed by atoms with Gasteiger partial charge in [-0.25, -0.2) is 0 Å². The molecule has 17 heavy (non-hydrogen) atoms. The van der Waals surface area contributed by atoms with Gasteiger partial charge < -0.3 is 5.11 Å². The number of carboxylic acid groups (broad SMARTS) is 1. The van der Waals surface area contributed by atoms with Gasteiger partial charge >= 0.3 is 5.97 Å². The summed E-state index contributed by atoms with van der Waals surface area (Å²) >= 11 is 5.98. The topological polar surface area (TPSA) is 37.3 Å². The van der Waals surface area contributed by atoms with Gasteiger partial charge in [0, 0.05) is 5.02 Å². The highest BCUT2D eigenvalue weighted by Crippen LogP contribution is 2.45. The molecule has 0 aliphatic heterocycles. The average Bonchev–Trinajstić information content (AvgIpc) is 3.03. The molecule has 0 saturated heterocycles. The summed E-state index contributed by atoms with van der Waals surface area (Å²) in [6.45, 7) is 4.13. The number of rotatable bonds is 4. The summed E-state index contributed by atoms with van der Waals surface area (Å²) in [5.41, 5.74) is 2.33. The maximum absolute atomic E-state index is 10.8. The number of hydrogen-bond acceptors (Lipinski definition) is 1. The molecule has 2 rings (SSSR count). The Morgan fingerprint density at radius 2 is 2.29 bits per heavy atom. The Balaban J connectivity index is 1.97. The minimum Gasteiger partial charge on any atom is -0.481 e. The molecule has 3 heteroatoms. The van der Waals surface area contributed by atoms with Gasteiger partial charge in [-0.05, 0) is 48.8 Å². The molecule has 1 aromatic rings. The lowest BCUT2D eigenvalue weighted by atomic mass is 9.95. The quantitative estimate of drug-likeness (QED) is 0.890. The van der Waals surface area contributed by atoms with Crippen molar-refractivity contribution in [1.29, 1.82) is 0 Å². The smallest absolute Gasteiger partial charge is 0.306 e. The third-order valence-electron chi connectivity index (χ3n) is 3.67. The number of hydrogen-bond donors (Lipinski definition) is 1. The molecule has 1 aliphatic carbocycles. The van der Waals surface area contributed by atoms with Crippen LogP contribution in [0.1, 0.15) is 24.5 Å². The maximum Gasteiger partial charge on any atom is 0.306 e. The van der Waals surface area contributed by atoms with E-state index in [1.807, 2.05) is 19.1 Å². The first kappa shape index (κ1) is 12.4. The van der Waals surface area contributed by atoms with Crippen molar-refractivity contribution >= 4 is 17.6 Å². The minimum absolute atomic E-state index is 0.113. The van der Waals surface area contributed by atoms with Gasteiger partial charge in [-0.1, -0.05) is 30.7 Å². The fraction of sp³-hybridized carbons (Fsp3) is 0.500. The molecule has 0 heterocycles. The molecule has 0 aromatic heterocycles. The number of benzene rings is 1. The highest BCUT2D eigenvalue weighted by Gasteiger charge is 2.45. The van der Waals surface area contributed by atoms with E-state index in [-0.39, 0.29) is 5.92 Å². The normalized spacial score (nSPS) is 24.4. The SMILES string of the molecule is Cc1cc(CC(C)C2CC2C(=O)O)ccc1Cl. The first-order valence-electron chi connectivity index (χ1n) is 5.97. The van der Waals surface area contributed by atoms with Gasteiger partial charge in [0.25, 0.3) is 0 Å². The first-order valence-corrected chi connectivity index (χ1v) is 6.34. The Bertz CT molecular complexity index is 442. The standard InChI is InChI=1S/C14H17ClO2/c1-8(11-7-12(11)14(16)17)5-10-3-4-13(15)9(2)6-10/h3-4,6,8,11-12H,5,7H2,1-2H3,(H,16,17). The van der Waals surface area contributed by atoms with Gasteiger partial charge in [0.2, 0.25) is 0 Å². The molecule has 1 aromatic carbocycles. The molecule has 0 bridgehead atoms. The molecule has 1 aliphatic rings. The number of carboxylic acids is 1. The summed E-state index contributed by atoms with van der Waals surface area (Å²) in [5.74, 6) is 0.0210. The maximum atomic E-state index is 10.8. The van der Waals surface area contributed by atoms with Crippen LogP contribution in [0.2, 0.25) is 5.02 Å². The van der Waals surface area contributed by atoms with Crippen molar-refractivity contribution in [3.8, 4) is 0 Å². The van der Waals surface area contributed by atoms with Crippen molar-refractivity contribution in [3.05, 3.63) is 34.3 Å². The van der Waals surface area contributed by atoms with Gasteiger partial charge in [-0.3, -0.25) is 4.79 Å². The van der Waals surface area contributed by atoms with E-state index in [1.54, 1.807) is 0 Å². The summed E-state index contributed by atoms with van der Waals surface area (Å²) < 4.78 is 0. The van der Waals surface area contributed by atoms with Crippen molar-refractivity contribution in [2.75, 3.05) is 0 Å². The van der Waals surface area contributed by atoms with E-state index >= 15 is 0 Å². The third-order valence-corrected chi connectivity index (χ3v) is 4.09. The van der Waals surface area contributed by atoms with Gasteiger partial charge in [0.05, 0.1) is 5.92 Å². The van der Waals surface area contributed by atoms with E-state index in [0.29, 0.717) is 11.8 Å². The third kappa shape index (κ3) is 2.81. The van der Waals surface area contributed by atoms with E-state index in [9.17, 15) is 4.79 Å². The van der Waals surface area contributed by atoms with Crippen LogP contribution in [0.4, 0.5) is 0 Å². The lowest BCUT2D eigenvalue weighted by Crippen LogP contribution is -2.08.